The van der Waals surface area contributed by atoms with Gasteiger partial charge in [0.15, 0.2) is 5.96 Å². The van der Waals surface area contributed by atoms with Crippen molar-refractivity contribution in [1.82, 2.24) is 15.5 Å². The fourth-order valence-electron chi connectivity index (χ4n) is 1.71. The van der Waals surface area contributed by atoms with Crippen LogP contribution in [0.25, 0.3) is 0 Å². The summed E-state index contributed by atoms with van der Waals surface area (Å²) in [6.45, 7) is 6.06. The SMILES string of the molecule is CCN(C)CCNC(=NC)NCCc1ccccc1.I. The van der Waals surface area contributed by atoms with Crippen molar-refractivity contribution in [3.05, 3.63) is 35.9 Å². The number of halogens is 1. The van der Waals surface area contributed by atoms with Gasteiger partial charge in [-0.15, -0.1) is 24.0 Å². The summed E-state index contributed by atoms with van der Waals surface area (Å²) in [5.41, 5.74) is 1.34. The van der Waals surface area contributed by atoms with Crippen LogP contribution in [0.3, 0.4) is 0 Å². The van der Waals surface area contributed by atoms with Gasteiger partial charge >= 0.3 is 0 Å². The molecule has 20 heavy (non-hydrogen) atoms. The van der Waals surface area contributed by atoms with Crippen molar-refractivity contribution >= 4 is 29.9 Å². The largest absolute Gasteiger partial charge is 0.356 e. The van der Waals surface area contributed by atoms with Crippen molar-refractivity contribution in [2.45, 2.75) is 13.3 Å². The van der Waals surface area contributed by atoms with Crippen LogP contribution in [0.2, 0.25) is 0 Å². The van der Waals surface area contributed by atoms with Crippen LogP contribution in [0.1, 0.15) is 12.5 Å². The molecule has 1 aromatic rings. The molecule has 1 rings (SSSR count). The second kappa shape index (κ2) is 12.0. The van der Waals surface area contributed by atoms with Crippen molar-refractivity contribution in [1.29, 1.82) is 0 Å². The Morgan fingerprint density at radius 1 is 1.15 bits per heavy atom. The van der Waals surface area contributed by atoms with Crippen LogP contribution in [0.4, 0.5) is 0 Å². The number of likely N-dealkylation sites (N-methyl/N-ethyl adjacent to an activating group) is 1. The highest BCUT2D eigenvalue weighted by atomic mass is 127. The number of aliphatic imine (C=N–C) groups is 1. The summed E-state index contributed by atoms with van der Waals surface area (Å²) >= 11 is 0. The van der Waals surface area contributed by atoms with E-state index < -0.39 is 0 Å². The molecule has 0 saturated carbocycles. The summed E-state index contributed by atoms with van der Waals surface area (Å²) in [7, 11) is 3.93. The number of hydrogen-bond acceptors (Lipinski definition) is 2. The van der Waals surface area contributed by atoms with E-state index >= 15 is 0 Å². The molecule has 0 saturated heterocycles. The van der Waals surface area contributed by atoms with Crippen LogP contribution in [-0.4, -0.2) is 51.1 Å². The molecule has 0 aliphatic heterocycles. The third kappa shape index (κ3) is 8.37. The summed E-state index contributed by atoms with van der Waals surface area (Å²) in [5, 5.41) is 6.65. The Kier molecular flexibility index (Phi) is 11.5. The summed E-state index contributed by atoms with van der Waals surface area (Å²) in [4.78, 5) is 6.49. The molecule has 0 aliphatic rings. The van der Waals surface area contributed by atoms with Crippen LogP contribution in [-0.2, 0) is 6.42 Å². The van der Waals surface area contributed by atoms with E-state index in [2.05, 4.69) is 58.8 Å². The summed E-state index contributed by atoms with van der Waals surface area (Å²) < 4.78 is 0. The van der Waals surface area contributed by atoms with Gasteiger partial charge in [-0.05, 0) is 25.6 Å². The van der Waals surface area contributed by atoms with Crippen molar-refractivity contribution in [3.8, 4) is 0 Å². The number of guanidine groups is 1. The average molecular weight is 390 g/mol. The summed E-state index contributed by atoms with van der Waals surface area (Å²) in [6, 6.07) is 10.5. The highest BCUT2D eigenvalue weighted by Gasteiger charge is 1.98. The first-order valence-electron chi connectivity index (χ1n) is 6.93. The maximum absolute atomic E-state index is 4.22. The highest BCUT2D eigenvalue weighted by Crippen LogP contribution is 1.97. The molecule has 114 valence electrons. The minimum Gasteiger partial charge on any atom is -0.356 e. The summed E-state index contributed by atoms with van der Waals surface area (Å²) in [5.74, 6) is 0.875. The van der Waals surface area contributed by atoms with Gasteiger partial charge in [0, 0.05) is 26.7 Å². The molecule has 0 fully saturated rings. The fraction of sp³-hybridized carbons (Fsp3) is 0.533. The third-order valence-corrected chi connectivity index (χ3v) is 3.10. The van der Waals surface area contributed by atoms with Gasteiger partial charge in [-0.3, -0.25) is 4.99 Å². The number of rotatable bonds is 7. The van der Waals surface area contributed by atoms with Crippen LogP contribution >= 0.6 is 24.0 Å². The lowest BCUT2D eigenvalue weighted by atomic mass is 10.1. The molecule has 4 nitrogen and oxygen atoms in total. The van der Waals surface area contributed by atoms with Crippen molar-refractivity contribution < 1.29 is 0 Å². The van der Waals surface area contributed by atoms with Crippen molar-refractivity contribution in [3.63, 3.8) is 0 Å². The van der Waals surface area contributed by atoms with Gasteiger partial charge in [0.25, 0.3) is 0 Å². The molecule has 5 heteroatoms. The quantitative estimate of drug-likeness (QED) is 0.425. The molecule has 0 aromatic heterocycles. The fourth-order valence-corrected chi connectivity index (χ4v) is 1.71. The Labute approximate surface area is 140 Å². The van der Waals surface area contributed by atoms with E-state index in [0.717, 1.165) is 38.6 Å². The number of hydrogen-bond donors (Lipinski definition) is 2. The maximum Gasteiger partial charge on any atom is 0.191 e. The Morgan fingerprint density at radius 3 is 2.40 bits per heavy atom. The predicted molar refractivity (Wildman–Crippen MR) is 98.1 cm³/mol. The molecular weight excluding hydrogens is 363 g/mol. The van der Waals surface area contributed by atoms with E-state index in [4.69, 9.17) is 0 Å². The Balaban J connectivity index is 0.00000361. The lowest BCUT2D eigenvalue weighted by molar-refractivity contribution is 0.357. The topological polar surface area (TPSA) is 39.7 Å². The van der Waals surface area contributed by atoms with E-state index in [1.54, 1.807) is 7.05 Å². The zero-order valence-corrected chi connectivity index (χ0v) is 15.1. The van der Waals surface area contributed by atoms with E-state index in [1.807, 2.05) is 6.07 Å². The second-order valence-electron chi connectivity index (χ2n) is 4.56. The Morgan fingerprint density at radius 2 is 1.80 bits per heavy atom. The Hall–Kier alpha value is -0.820. The van der Waals surface area contributed by atoms with Crippen LogP contribution in [0.5, 0.6) is 0 Å². The van der Waals surface area contributed by atoms with Crippen LogP contribution in [0.15, 0.2) is 35.3 Å². The van der Waals surface area contributed by atoms with Gasteiger partial charge in [0.05, 0.1) is 0 Å². The second-order valence-corrected chi connectivity index (χ2v) is 4.56. The lowest BCUT2D eigenvalue weighted by Gasteiger charge is -2.16. The third-order valence-electron chi connectivity index (χ3n) is 3.10. The lowest BCUT2D eigenvalue weighted by Crippen LogP contribution is -2.41. The molecular formula is C15H27IN4. The van der Waals surface area contributed by atoms with Gasteiger partial charge in [-0.2, -0.15) is 0 Å². The number of nitrogens with one attached hydrogen (secondary N) is 2. The predicted octanol–water partition coefficient (Wildman–Crippen LogP) is 1.96. The first-order valence-corrected chi connectivity index (χ1v) is 6.93. The molecule has 0 aliphatic carbocycles. The average Bonchev–Trinajstić information content (AvgIpc) is 2.46. The minimum absolute atomic E-state index is 0. The zero-order chi connectivity index (χ0) is 13.9. The first-order chi connectivity index (χ1) is 9.26. The Bertz CT molecular complexity index is 367. The van der Waals surface area contributed by atoms with E-state index in [-0.39, 0.29) is 24.0 Å². The molecule has 0 atom stereocenters. The monoisotopic (exact) mass is 390 g/mol. The smallest absolute Gasteiger partial charge is 0.191 e. The molecule has 0 unspecified atom stereocenters. The van der Waals surface area contributed by atoms with E-state index in [0.29, 0.717) is 0 Å². The number of nitrogens with zero attached hydrogens (tertiary/aromatic N) is 2. The highest BCUT2D eigenvalue weighted by molar-refractivity contribution is 14.0. The van der Waals surface area contributed by atoms with Gasteiger partial charge < -0.3 is 15.5 Å². The molecule has 0 bridgehead atoms. The van der Waals surface area contributed by atoms with Crippen molar-refractivity contribution in [2.75, 3.05) is 40.3 Å². The van der Waals surface area contributed by atoms with Crippen molar-refractivity contribution in [2.24, 2.45) is 4.99 Å². The molecule has 1 aromatic carbocycles. The van der Waals surface area contributed by atoms with Crippen LogP contribution in [0, 0.1) is 0 Å². The maximum atomic E-state index is 4.22. The zero-order valence-electron chi connectivity index (χ0n) is 12.7. The van der Waals surface area contributed by atoms with E-state index in [1.165, 1.54) is 5.56 Å². The molecule has 0 amide bonds. The first kappa shape index (κ1) is 19.2. The van der Waals surface area contributed by atoms with Gasteiger partial charge in [-0.25, -0.2) is 0 Å². The standard InChI is InChI=1S/C15H26N4.HI/c1-4-19(3)13-12-18-15(16-2)17-11-10-14-8-6-5-7-9-14;/h5-9H,4,10-13H2,1-3H3,(H2,16,17,18);1H. The molecule has 0 radical (unpaired) electrons. The normalized spacial score (nSPS) is 11.1. The molecule has 2 N–H and O–H groups in total. The molecule has 0 spiro atoms. The van der Waals surface area contributed by atoms with Crippen LogP contribution < -0.4 is 10.6 Å². The minimum atomic E-state index is 0. The summed E-state index contributed by atoms with van der Waals surface area (Å²) in [6.07, 6.45) is 1.01. The molecule has 0 heterocycles. The van der Waals surface area contributed by atoms with Gasteiger partial charge in [-0.1, -0.05) is 37.3 Å². The number of benzene rings is 1. The van der Waals surface area contributed by atoms with Gasteiger partial charge in [0.1, 0.15) is 0 Å². The van der Waals surface area contributed by atoms with Gasteiger partial charge in [0.2, 0.25) is 0 Å². The van der Waals surface area contributed by atoms with E-state index in [9.17, 15) is 0 Å².